The average molecular weight is 374 g/mol. The van der Waals surface area contributed by atoms with Gasteiger partial charge in [0.25, 0.3) is 5.69 Å². The molecular weight excluding hydrogens is 365 g/mol. The van der Waals surface area contributed by atoms with Crippen molar-refractivity contribution in [3.8, 4) is 0 Å². The van der Waals surface area contributed by atoms with Gasteiger partial charge in [-0.05, 0) is 39.7 Å². The molecule has 0 atom stereocenters. The number of sulfone groups is 1. The third-order valence-corrected chi connectivity index (χ3v) is 5.33. The molecule has 0 spiro atoms. The second-order valence-electron chi connectivity index (χ2n) is 4.22. The Balaban J connectivity index is 2.42. The van der Waals surface area contributed by atoms with E-state index in [4.69, 9.17) is 0 Å². The highest BCUT2D eigenvalue weighted by Crippen LogP contribution is 2.30. The molecule has 21 heavy (non-hydrogen) atoms. The van der Waals surface area contributed by atoms with Crippen LogP contribution in [0, 0.1) is 15.9 Å². The molecule has 2 aromatic rings. The van der Waals surface area contributed by atoms with Crippen LogP contribution in [0.3, 0.4) is 0 Å². The first-order valence-corrected chi connectivity index (χ1v) is 8.16. The van der Waals surface area contributed by atoms with Gasteiger partial charge in [-0.1, -0.05) is 18.2 Å². The predicted octanol–water partition coefficient (Wildman–Crippen LogP) is 3.47. The van der Waals surface area contributed by atoms with Crippen LogP contribution in [0.5, 0.6) is 0 Å². The molecule has 2 rings (SSSR count). The molecule has 8 heteroatoms. The van der Waals surface area contributed by atoms with E-state index in [1.807, 2.05) is 0 Å². The molecule has 0 aromatic heterocycles. The zero-order chi connectivity index (χ0) is 15.6. The number of nitro benzene ring substituents is 1. The Morgan fingerprint density at radius 3 is 2.48 bits per heavy atom. The van der Waals surface area contributed by atoms with Crippen LogP contribution < -0.4 is 0 Å². The SMILES string of the molecule is O=[N+]([O-])c1cccc(CS(=O)(=O)c2cccc(F)c2)c1Br. The van der Waals surface area contributed by atoms with Gasteiger partial charge in [0, 0.05) is 6.07 Å². The lowest BCUT2D eigenvalue weighted by atomic mass is 10.2. The molecule has 0 bridgehead atoms. The molecule has 0 unspecified atom stereocenters. The summed E-state index contributed by atoms with van der Waals surface area (Å²) in [6.45, 7) is 0. The Kier molecular flexibility index (Phi) is 4.38. The molecule has 0 heterocycles. The largest absolute Gasteiger partial charge is 0.283 e. The molecule has 2 aromatic carbocycles. The molecule has 0 saturated heterocycles. The second kappa shape index (κ2) is 5.90. The van der Waals surface area contributed by atoms with Crippen molar-refractivity contribution >= 4 is 31.5 Å². The van der Waals surface area contributed by atoms with Crippen molar-refractivity contribution in [1.29, 1.82) is 0 Å². The van der Waals surface area contributed by atoms with E-state index in [1.165, 1.54) is 30.3 Å². The topological polar surface area (TPSA) is 77.3 Å². The number of halogens is 2. The molecule has 0 aliphatic carbocycles. The molecule has 0 radical (unpaired) electrons. The van der Waals surface area contributed by atoms with E-state index in [0.29, 0.717) is 0 Å². The van der Waals surface area contributed by atoms with Crippen LogP contribution in [0.25, 0.3) is 0 Å². The van der Waals surface area contributed by atoms with Gasteiger partial charge < -0.3 is 0 Å². The number of hydrogen-bond acceptors (Lipinski definition) is 4. The third kappa shape index (κ3) is 3.45. The fraction of sp³-hybridized carbons (Fsp3) is 0.0769. The van der Waals surface area contributed by atoms with E-state index in [9.17, 15) is 22.9 Å². The first-order valence-electron chi connectivity index (χ1n) is 5.71. The summed E-state index contributed by atoms with van der Waals surface area (Å²) in [4.78, 5) is 10.1. The Labute approximate surface area is 128 Å². The Morgan fingerprint density at radius 1 is 1.19 bits per heavy atom. The van der Waals surface area contributed by atoms with Crippen LogP contribution in [0.2, 0.25) is 0 Å². The number of nitro groups is 1. The highest BCUT2D eigenvalue weighted by molar-refractivity contribution is 9.10. The Hall–Kier alpha value is -1.80. The third-order valence-electron chi connectivity index (χ3n) is 2.76. The van der Waals surface area contributed by atoms with Gasteiger partial charge in [-0.25, -0.2) is 12.8 Å². The van der Waals surface area contributed by atoms with Gasteiger partial charge >= 0.3 is 0 Å². The van der Waals surface area contributed by atoms with Crippen LogP contribution >= 0.6 is 15.9 Å². The first kappa shape index (κ1) is 15.6. The van der Waals surface area contributed by atoms with Crippen molar-refractivity contribution in [3.63, 3.8) is 0 Å². The van der Waals surface area contributed by atoms with Crippen LogP contribution in [-0.2, 0) is 15.6 Å². The van der Waals surface area contributed by atoms with Crippen molar-refractivity contribution in [3.05, 3.63) is 68.4 Å². The summed E-state index contributed by atoms with van der Waals surface area (Å²) in [7, 11) is -3.79. The normalized spacial score (nSPS) is 11.3. The lowest BCUT2D eigenvalue weighted by Crippen LogP contribution is -2.06. The van der Waals surface area contributed by atoms with E-state index in [1.54, 1.807) is 0 Å². The van der Waals surface area contributed by atoms with Gasteiger partial charge in [0.2, 0.25) is 0 Å². The standard InChI is InChI=1S/C13H9BrFNO4S/c14-13-9(3-1-6-12(13)16(17)18)8-21(19,20)11-5-2-4-10(15)7-11/h1-7H,8H2. The number of rotatable bonds is 4. The predicted molar refractivity (Wildman–Crippen MR) is 78.1 cm³/mol. The lowest BCUT2D eigenvalue weighted by molar-refractivity contribution is -0.385. The molecule has 110 valence electrons. The minimum Gasteiger partial charge on any atom is -0.258 e. The van der Waals surface area contributed by atoms with Crippen molar-refractivity contribution in [1.82, 2.24) is 0 Å². The maximum Gasteiger partial charge on any atom is 0.283 e. The molecular formula is C13H9BrFNO4S. The minimum atomic E-state index is -3.79. The van der Waals surface area contributed by atoms with Crippen LogP contribution in [0.4, 0.5) is 10.1 Å². The van der Waals surface area contributed by atoms with Gasteiger partial charge in [0.1, 0.15) is 5.82 Å². The van der Waals surface area contributed by atoms with Gasteiger partial charge in [-0.2, -0.15) is 0 Å². The Bertz CT molecular complexity index is 808. The summed E-state index contributed by atoms with van der Waals surface area (Å²) in [6.07, 6.45) is 0. The minimum absolute atomic E-state index is 0.106. The summed E-state index contributed by atoms with van der Waals surface area (Å²) < 4.78 is 37.7. The summed E-state index contributed by atoms with van der Waals surface area (Å²) >= 11 is 3.04. The van der Waals surface area contributed by atoms with E-state index in [2.05, 4.69) is 15.9 Å². The zero-order valence-electron chi connectivity index (χ0n) is 10.5. The Morgan fingerprint density at radius 2 is 1.86 bits per heavy atom. The van der Waals surface area contributed by atoms with E-state index < -0.39 is 26.3 Å². The summed E-state index contributed by atoms with van der Waals surface area (Å²) in [5.41, 5.74) is 0.0235. The summed E-state index contributed by atoms with van der Waals surface area (Å²) in [6, 6.07) is 8.77. The summed E-state index contributed by atoms with van der Waals surface area (Å²) in [5.74, 6) is -1.12. The maximum atomic E-state index is 13.1. The van der Waals surface area contributed by atoms with E-state index in [0.717, 1.165) is 12.1 Å². The zero-order valence-corrected chi connectivity index (χ0v) is 12.9. The number of hydrogen-bond donors (Lipinski definition) is 0. The van der Waals surface area contributed by atoms with Gasteiger partial charge in [0.15, 0.2) is 9.84 Å². The average Bonchev–Trinajstić information content (AvgIpc) is 2.40. The van der Waals surface area contributed by atoms with Crippen molar-refractivity contribution < 1.29 is 17.7 Å². The molecule has 0 N–H and O–H groups in total. The highest BCUT2D eigenvalue weighted by atomic mass is 79.9. The number of nitrogens with zero attached hydrogens (tertiary/aromatic N) is 1. The second-order valence-corrected chi connectivity index (χ2v) is 7.01. The molecule has 5 nitrogen and oxygen atoms in total. The smallest absolute Gasteiger partial charge is 0.258 e. The quantitative estimate of drug-likeness (QED) is 0.607. The summed E-state index contributed by atoms with van der Waals surface area (Å²) in [5, 5.41) is 10.8. The van der Waals surface area contributed by atoms with Crippen molar-refractivity contribution in [2.24, 2.45) is 0 Å². The molecule has 0 aliphatic heterocycles. The van der Waals surface area contributed by atoms with Crippen LogP contribution in [0.1, 0.15) is 5.56 Å². The van der Waals surface area contributed by atoms with E-state index in [-0.39, 0.29) is 20.6 Å². The first-order chi connectivity index (χ1) is 9.81. The maximum absolute atomic E-state index is 13.1. The van der Waals surface area contributed by atoms with Gasteiger partial charge in [-0.15, -0.1) is 0 Å². The monoisotopic (exact) mass is 373 g/mol. The fourth-order valence-corrected chi connectivity index (χ4v) is 3.90. The van der Waals surface area contributed by atoms with E-state index >= 15 is 0 Å². The molecule has 0 amide bonds. The molecule has 0 fully saturated rings. The highest BCUT2D eigenvalue weighted by Gasteiger charge is 2.21. The van der Waals surface area contributed by atoms with Gasteiger partial charge in [-0.3, -0.25) is 10.1 Å². The fourth-order valence-electron chi connectivity index (χ4n) is 1.77. The lowest BCUT2D eigenvalue weighted by Gasteiger charge is -2.07. The van der Waals surface area contributed by atoms with Crippen LogP contribution in [0.15, 0.2) is 51.8 Å². The van der Waals surface area contributed by atoms with Crippen molar-refractivity contribution in [2.75, 3.05) is 0 Å². The molecule has 0 saturated carbocycles. The number of benzene rings is 2. The van der Waals surface area contributed by atoms with Crippen molar-refractivity contribution in [2.45, 2.75) is 10.6 Å². The molecule has 0 aliphatic rings. The van der Waals surface area contributed by atoms with Crippen LogP contribution in [-0.4, -0.2) is 13.3 Å². The van der Waals surface area contributed by atoms with Gasteiger partial charge in [0.05, 0.1) is 20.0 Å².